The number of nitrogens with zero attached hydrogens (tertiary/aromatic N) is 6. The first-order chi connectivity index (χ1) is 13.4. The van der Waals surface area contributed by atoms with Crippen LogP contribution in [-0.2, 0) is 12.7 Å². The average Bonchev–Trinajstić information content (AvgIpc) is 3.34. The topological polar surface area (TPSA) is 60.9 Å². The molecule has 0 N–H and O–H groups in total. The van der Waals surface area contributed by atoms with Gasteiger partial charge in [0.2, 0.25) is 0 Å². The Morgan fingerprint density at radius 1 is 1.25 bits per heavy atom. The van der Waals surface area contributed by atoms with Crippen LogP contribution in [0.2, 0.25) is 0 Å². The molecule has 0 atom stereocenters. The second kappa shape index (κ2) is 5.76. The van der Waals surface area contributed by atoms with Crippen molar-refractivity contribution in [3.05, 3.63) is 41.5 Å². The van der Waals surface area contributed by atoms with Gasteiger partial charge in [0.05, 0.1) is 17.3 Å². The van der Waals surface area contributed by atoms with Gasteiger partial charge in [-0.05, 0) is 50.3 Å². The monoisotopic (exact) mass is 386 g/mol. The number of alkyl halides is 3. The van der Waals surface area contributed by atoms with Gasteiger partial charge in [0, 0.05) is 24.0 Å². The van der Waals surface area contributed by atoms with Gasteiger partial charge in [-0.2, -0.15) is 18.3 Å². The van der Waals surface area contributed by atoms with Crippen LogP contribution < -0.4 is 0 Å². The zero-order valence-electron chi connectivity index (χ0n) is 15.3. The lowest BCUT2D eigenvalue weighted by Gasteiger charge is -2.08. The fraction of sp³-hybridized carbons (Fsp3) is 0.368. The minimum atomic E-state index is -4.51. The van der Waals surface area contributed by atoms with Crippen molar-refractivity contribution in [2.45, 2.75) is 45.3 Å². The third kappa shape index (κ3) is 2.49. The van der Waals surface area contributed by atoms with Crippen molar-refractivity contribution in [2.75, 3.05) is 0 Å². The van der Waals surface area contributed by atoms with Crippen LogP contribution in [0.25, 0.3) is 27.9 Å². The van der Waals surface area contributed by atoms with E-state index in [9.17, 15) is 13.2 Å². The summed E-state index contributed by atoms with van der Waals surface area (Å²) in [5.41, 5.74) is 2.90. The second-order valence-corrected chi connectivity index (χ2v) is 7.09. The number of hydrogen-bond acceptors (Lipinski definition) is 4. The fourth-order valence-corrected chi connectivity index (χ4v) is 3.72. The van der Waals surface area contributed by atoms with E-state index < -0.39 is 11.9 Å². The Morgan fingerprint density at radius 3 is 2.68 bits per heavy atom. The van der Waals surface area contributed by atoms with Crippen LogP contribution >= 0.6 is 0 Å². The van der Waals surface area contributed by atoms with Crippen LogP contribution in [0.1, 0.15) is 42.6 Å². The van der Waals surface area contributed by atoms with E-state index >= 15 is 0 Å². The standard InChI is InChI=1S/C19H17F3N6/c1-3-27-10(2)13(9-24-27)14-6-7-23-18-16-12(11-4-5-11)8-15(19(20,21)22)25-17(16)26-28(14)18/h6-9,11H,3-5H2,1-2H3. The summed E-state index contributed by atoms with van der Waals surface area (Å²) in [4.78, 5) is 8.24. The van der Waals surface area contributed by atoms with Crippen molar-refractivity contribution in [1.29, 1.82) is 0 Å². The first-order valence-corrected chi connectivity index (χ1v) is 9.17. The molecule has 1 aliphatic carbocycles. The highest BCUT2D eigenvalue weighted by Crippen LogP contribution is 2.45. The number of aryl methyl sites for hydroxylation is 1. The smallest absolute Gasteiger partial charge is 0.269 e. The van der Waals surface area contributed by atoms with E-state index in [4.69, 9.17) is 0 Å². The predicted molar refractivity (Wildman–Crippen MR) is 96.9 cm³/mol. The van der Waals surface area contributed by atoms with Gasteiger partial charge in [-0.25, -0.2) is 14.5 Å². The molecule has 0 bridgehead atoms. The summed E-state index contributed by atoms with van der Waals surface area (Å²) in [5, 5.41) is 9.39. The molecule has 4 aromatic rings. The predicted octanol–water partition coefficient (Wildman–Crippen LogP) is 4.37. The van der Waals surface area contributed by atoms with Gasteiger partial charge >= 0.3 is 6.18 Å². The number of aromatic nitrogens is 6. The molecule has 0 radical (unpaired) electrons. The molecule has 28 heavy (non-hydrogen) atoms. The molecule has 0 spiro atoms. The Kier molecular flexibility index (Phi) is 3.53. The highest BCUT2D eigenvalue weighted by atomic mass is 19.4. The summed E-state index contributed by atoms with van der Waals surface area (Å²) < 4.78 is 43.5. The molecule has 144 valence electrons. The summed E-state index contributed by atoms with van der Waals surface area (Å²) in [7, 11) is 0. The average molecular weight is 386 g/mol. The van der Waals surface area contributed by atoms with Crippen molar-refractivity contribution < 1.29 is 13.2 Å². The van der Waals surface area contributed by atoms with Crippen molar-refractivity contribution in [3.63, 3.8) is 0 Å². The molecule has 1 fully saturated rings. The second-order valence-electron chi connectivity index (χ2n) is 7.09. The number of rotatable bonds is 3. The molecule has 5 rings (SSSR count). The lowest BCUT2D eigenvalue weighted by atomic mass is 10.1. The molecular weight excluding hydrogens is 369 g/mol. The van der Waals surface area contributed by atoms with Crippen LogP contribution in [0.3, 0.4) is 0 Å². The van der Waals surface area contributed by atoms with Gasteiger partial charge < -0.3 is 0 Å². The van der Waals surface area contributed by atoms with E-state index in [1.165, 1.54) is 0 Å². The summed E-state index contributed by atoms with van der Waals surface area (Å²) >= 11 is 0. The number of pyridine rings is 1. The summed E-state index contributed by atoms with van der Waals surface area (Å²) in [6.45, 7) is 4.68. The molecule has 0 amide bonds. The van der Waals surface area contributed by atoms with E-state index in [1.807, 2.05) is 18.5 Å². The Balaban J connectivity index is 1.83. The summed E-state index contributed by atoms with van der Waals surface area (Å²) in [6.07, 6.45) is 0.633. The largest absolute Gasteiger partial charge is 0.433 e. The molecule has 4 aromatic heterocycles. The lowest BCUT2D eigenvalue weighted by Crippen LogP contribution is -2.09. The van der Waals surface area contributed by atoms with E-state index in [1.54, 1.807) is 23.0 Å². The van der Waals surface area contributed by atoms with Crippen LogP contribution in [-0.4, -0.2) is 29.4 Å². The zero-order chi connectivity index (χ0) is 19.6. The third-order valence-corrected chi connectivity index (χ3v) is 5.29. The molecular formula is C19H17F3N6. The normalized spacial score (nSPS) is 15.0. The van der Waals surface area contributed by atoms with Crippen molar-refractivity contribution in [2.24, 2.45) is 0 Å². The Labute approximate surface area is 158 Å². The Hall–Kier alpha value is -2.97. The van der Waals surface area contributed by atoms with E-state index in [-0.39, 0.29) is 11.6 Å². The Morgan fingerprint density at radius 2 is 2.04 bits per heavy atom. The molecule has 0 unspecified atom stereocenters. The van der Waals surface area contributed by atoms with Gasteiger partial charge in [0.1, 0.15) is 5.69 Å². The SMILES string of the molecule is CCn1ncc(-c2ccnc3c4c(C5CC5)cc(C(F)(F)F)nc4nn23)c1C. The molecule has 4 heterocycles. The molecule has 1 aliphatic rings. The van der Waals surface area contributed by atoms with E-state index in [2.05, 4.69) is 20.2 Å². The minimum absolute atomic E-state index is 0.0808. The fourth-order valence-electron chi connectivity index (χ4n) is 3.72. The van der Waals surface area contributed by atoms with Gasteiger partial charge in [0.15, 0.2) is 11.3 Å². The molecule has 0 aliphatic heterocycles. The maximum absolute atomic E-state index is 13.4. The van der Waals surface area contributed by atoms with Crippen molar-refractivity contribution in [3.8, 4) is 11.3 Å². The third-order valence-electron chi connectivity index (χ3n) is 5.29. The molecule has 9 heteroatoms. The molecule has 0 aromatic carbocycles. The molecule has 0 saturated heterocycles. The molecule has 1 saturated carbocycles. The van der Waals surface area contributed by atoms with E-state index in [0.717, 1.165) is 42.4 Å². The minimum Gasteiger partial charge on any atom is -0.269 e. The van der Waals surface area contributed by atoms with E-state index in [0.29, 0.717) is 16.6 Å². The first-order valence-electron chi connectivity index (χ1n) is 9.17. The first kappa shape index (κ1) is 17.2. The molecule has 6 nitrogen and oxygen atoms in total. The Bertz CT molecular complexity index is 1220. The van der Waals surface area contributed by atoms with Crippen molar-refractivity contribution in [1.82, 2.24) is 29.4 Å². The van der Waals surface area contributed by atoms with Crippen LogP contribution in [0, 0.1) is 6.92 Å². The van der Waals surface area contributed by atoms with Gasteiger partial charge in [-0.1, -0.05) is 0 Å². The van der Waals surface area contributed by atoms with Crippen LogP contribution in [0.4, 0.5) is 13.2 Å². The van der Waals surface area contributed by atoms with Crippen LogP contribution in [0.15, 0.2) is 24.5 Å². The van der Waals surface area contributed by atoms with Gasteiger partial charge in [-0.3, -0.25) is 4.68 Å². The van der Waals surface area contributed by atoms with Crippen LogP contribution in [0.5, 0.6) is 0 Å². The van der Waals surface area contributed by atoms with Gasteiger partial charge in [0.25, 0.3) is 0 Å². The number of halogens is 3. The summed E-state index contributed by atoms with van der Waals surface area (Å²) in [6, 6.07) is 2.96. The number of hydrogen-bond donors (Lipinski definition) is 0. The maximum atomic E-state index is 13.4. The highest BCUT2D eigenvalue weighted by Gasteiger charge is 2.37. The zero-order valence-corrected chi connectivity index (χ0v) is 15.3. The van der Waals surface area contributed by atoms with Gasteiger partial charge in [-0.15, -0.1) is 5.10 Å². The number of fused-ring (bicyclic) bond motifs is 3. The maximum Gasteiger partial charge on any atom is 0.433 e. The summed E-state index contributed by atoms with van der Waals surface area (Å²) in [5.74, 6) is 0.106. The van der Waals surface area contributed by atoms with Crippen molar-refractivity contribution >= 4 is 16.7 Å². The quantitative estimate of drug-likeness (QED) is 0.525. The highest BCUT2D eigenvalue weighted by molar-refractivity contribution is 5.94. The lowest BCUT2D eigenvalue weighted by molar-refractivity contribution is -0.141.